The molecule has 1 saturated heterocycles. The number of benzene rings is 1. The fraction of sp³-hybridized carbons (Fsp3) is 0.417. The second-order valence-electron chi connectivity index (χ2n) is 4.00. The number of ether oxygens (including phenoxy) is 1. The molecule has 1 atom stereocenters. The summed E-state index contributed by atoms with van der Waals surface area (Å²) in [6.07, 6.45) is 0.989. The highest BCUT2D eigenvalue weighted by atomic mass is 79.9. The molecule has 1 fully saturated rings. The third-order valence-electron chi connectivity index (χ3n) is 2.59. The van der Waals surface area contributed by atoms with E-state index >= 15 is 0 Å². The van der Waals surface area contributed by atoms with Crippen LogP contribution in [0.4, 0.5) is 0 Å². The zero-order chi connectivity index (χ0) is 12.1. The summed E-state index contributed by atoms with van der Waals surface area (Å²) in [4.78, 5) is 11.6. The molecule has 92 valence electrons. The molecule has 17 heavy (non-hydrogen) atoms. The highest BCUT2D eigenvalue weighted by Crippen LogP contribution is 2.17. The SMILES string of the molecule is O=C(COc1cccc(Br)c1)NC1CCNC1. The molecule has 0 radical (unpaired) electrons. The minimum atomic E-state index is -0.0707. The Kier molecular flexibility index (Phi) is 4.39. The Hall–Kier alpha value is -1.07. The molecule has 2 rings (SSSR count). The van der Waals surface area contributed by atoms with Gasteiger partial charge in [-0.1, -0.05) is 22.0 Å². The number of hydrogen-bond acceptors (Lipinski definition) is 3. The zero-order valence-electron chi connectivity index (χ0n) is 9.41. The molecule has 0 bridgehead atoms. The van der Waals surface area contributed by atoms with Crippen molar-refractivity contribution in [2.45, 2.75) is 12.5 Å². The molecule has 5 heteroatoms. The Labute approximate surface area is 109 Å². The predicted octanol–water partition coefficient (Wildman–Crippen LogP) is 1.31. The van der Waals surface area contributed by atoms with Crippen molar-refractivity contribution in [1.29, 1.82) is 0 Å². The predicted molar refractivity (Wildman–Crippen MR) is 69.1 cm³/mol. The molecule has 0 saturated carbocycles. The first-order valence-corrected chi connectivity index (χ1v) is 6.42. The van der Waals surface area contributed by atoms with Crippen LogP contribution < -0.4 is 15.4 Å². The number of carbonyl (C=O) groups excluding carboxylic acids is 1. The van der Waals surface area contributed by atoms with Crippen LogP contribution in [0.1, 0.15) is 6.42 Å². The van der Waals surface area contributed by atoms with E-state index in [-0.39, 0.29) is 18.6 Å². The van der Waals surface area contributed by atoms with Gasteiger partial charge in [-0.25, -0.2) is 0 Å². The number of nitrogens with one attached hydrogen (secondary N) is 2. The summed E-state index contributed by atoms with van der Waals surface area (Å²) in [7, 11) is 0. The molecular formula is C12H15BrN2O2. The van der Waals surface area contributed by atoms with Crippen LogP contribution in [0, 0.1) is 0 Å². The topological polar surface area (TPSA) is 50.4 Å². The van der Waals surface area contributed by atoms with Crippen molar-refractivity contribution < 1.29 is 9.53 Å². The van der Waals surface area contributed by atoms with E-state index in [0.29, 0.717) is 5.75 Å². The summed E-state index contributed by atoms with van der Waals surface area (Å²) in [5.74, 6) is 0.623. The molecule has 1 amide bonds. The number of carbonyl (C=O) groups is 1. The van der Waals surface area contributed by atoms with Gasteiger partial charge in [-0.05, 0) is 31.2 Å². The Balaban J connectivity index is 1.75. The van der Waals surface area contributed by atoms with Crippen LogP contribution >= 0.6 is 15.9 Å². The molecule has 1 aromatic carbocycles. The van der Waals surface area contributed by atoms with Gasteiger partial charge in [-0.15, -0.1) is 0 Å². The Morgan fingerprint density at radius 1 is 1.59 bits per heavy atom. The van der Waals surface area contributed by atoms with Crippen molar-refractivity contribution >= 4 is 21.8 Å². The fourth-order valence-corrected chi connectivity index (χ4v) is 2.13. The Bertz CT molecular complexity index is 392. The molecule has 0 spiro atoms. The molecule has 0 aromatic heterocycles. The van der Waals surface area contributed by atoms with Crippen LogP contribution in [0.5, 0.6) is 5.75 Å². The van der Waals surface area contributed by atoms with Gasteiger partial charge >= 0.3 is 0 Å². The highest BCUT2D eigenvalue weighted by Gasteiger charge is 2.16. The van der Waals surface area contributed by atoms with Crippen molar-refractivity contribution in [2.75, 3.05) is 19.7 Å². The summed E-state index contributed by atoms with van der Waals surface area (Å²) < 4.78 is 6.34. The van der Waals surface area contributed by atoms with E-state index < -0.39 is 0 Å². The normalized spacial score (nSPS) is 19.0. The van der Waals surface area contributed by atoms with Gasteiger partial charge in [0.1, 0.15) is 5.75 Å². The molecule has 2 N–H and O–H groups in total. The number of rotatable bonds is 4. The van der Waals surface area contributed by atoms with E-state index in [1.807, 2.05) is 24.3 Å². The van der Waals surface area contributed by atoms with Crippen molar-refractivity contribution in [3.05, 3.63) is 28.7 Å². The van der Waals surface area contributed by atoms with Crippen LogP contribution in [0.2, 0.25) is 0 Å². The minimum absolute atomic E-state index is 0.0625. The standard InChI is InChI=1S/C12H15BrN2O2/c13-9-2-1-3-11(6-9)17-8-12(16)15-10-4-5-14-7-10/h1-3,6,10,14H,4-5,7-8H2,(H,15,16). The van der Waals surface area contributed by atoms with Gasteiger partial charge in [-0.3, -0.25) is 4.79 Å². The van der Waals surface area contributed by atoms with Crippen molar-refractivity contribution in [3.63, 3.8) is 0 Å². The Morgan fingerprint density at radius 3 is 3.18 bits per heavy atom. The molecule has 1 aliphatic heterocycles. The lowest BCUT2D eigenvalue weighted by molar-refractivity contribution is -0.123. The summed E-state index contributed by atoms with van der Waals surface area (Å²) in [5.41, 5.74) is 0. The lowest BCUT2D eigenvalue weighted by Crippen LogP contribution is -2.39. The monoisotopic (exact) mass is 298 g/mol. The van der Waals surface area contributed by atoms with Gasteiger partial charge in [-0.2, -0.15) is 0 Å². The van der Waals surface area contributed by atoms with Crippen molar-refractivity contribution in [2.24, 2.45) is 0 Å². The van der Waals surface area contributed by atoms with Crippen LogP contribution in [0.3, 0.4) is 0 Å². The maximum atomic E-state index is 11.6. The first-order chi connectivity index (χ1) is 8.24. The van der Waals surface area contributed by atoms with Crippen LogP contribution in [-0.4, -0.2) is 31.6 Å². The average Bonchev–Trinajstić information content (AvgIpc) is 2.79. The number of halogens is 1. The summed E-state index contributed by atoms with van der Waals surface area (Å²) in [6, 6.07) is 7.70. The van der Waals surface area contributed by atoms with E-state index in [0.717, 1.165) is 24.0 Å². The Morgan fingerprint density at radius 2 is 2.47 bits per heavy atom. The smallest absolute Gasteiger partial charge is 0.258 e. The van der Waals surface area contributed by atoms with E-state index in [1.165, 1.54) is 0 Å². The summed E-state index contributed by atoms with van der Waals surface area (Å²) in [5, 5.41) is 6.12. The average molecular weight is 299 g/mol. The van der Waals surface area contributed by atoms with Gasteiger partial charge in [0.15, 0.2) is 6.61 Å². The molecule has 1 heterocycles. The van der Waals surface area contributed by atoms with Crippen molar-refractivity contribution in [1.82, 2.24) is 10.6 Å². The van der Waals surface area contributed by atoms with Crippen molar-refractivity contribution in [3.8, 4) is 5.75 Å². The van der Waals surface area contributed by atoms with Gasteiger partial charge in [0.05, 0.1) is 0 Å². The van der Waals surface area contributed by atoms with E-state index in [9.17, 15) is 4.79 Å². The molecular weight excluding hydrogens is 284 g/mol. The minimum Gasteiger partial charge on any atom is -0.484 e. The first-order valence-electron chi connectivity index (χ1n) is 5.62. The van der Waals surface area contributed by atoms with E-state index in [4.69, 9.17) is 4.74 Å². The van der Waals surface area contributed by atoms with Crippen LogP contribution in [0.25, 0.3) is 0 Å². The molecule has 1 aliphatic rings. The number of amides is 1. The third-order valence-corrected chi connectivity index (χ3v) is 3.08. The molecule has 4 nitrogen and oxygen atoms in total. The lowest BCUT2D eigenvalue weighted by atomic mass is 10.2. The third kappa shape index (κ3) is 4.02. The van der Waals surface area contributed by atoms with Gasteiger partial charge < -0.3 is 15.4 Å². The largest absolute Gasteiger partial charge is 0.484 e. The highest BCUT2D eigenvalue weighted by molar-refractivity contribution is 9.10. The van der Waals surface area contributed by atoms with Crippen LogP contribution in [0.15, 0.2) is 28.7 Å². The second-order valence-corrected chi connectivity index (χ2v) is 4.92. The quantitative estimate of drug-likeness (QED) is 0.881. The van der Waals surface area contributed by atoms with E-state index in [1.54, 1.807) is 0 Å². The molecule has 0 aliphatic carbocycles. The number of hydrogen-bond donors (Lipinski definition) is 2. The fourth-order valence-electron chi connectivity index (χ4n) is 1.75. The first kappa shape index (κ1) is 12.4. The maximum Gasteiger partial charge on any atom is 0.258 e. The van der Waals surface area contributed by atoms with Gasteiger partial charge in [0.2, 0.25) is 0 Å². The second kappa shape index (κ2) is 6.02. The molecule has 1 unspecified atom stereocenters. The maximum absolute atomic E-state index is 11.6. The van der Waals surface area contributed by atoms with Crippen LogP contribution in [-0.2, 0) is 4.79 Å². The van der Waals surface area contributed by atoms with Gasteiger partial charge in [0, 0.05) is 17.1 Å². The zero-order valence-corrected chi connectivity index (χ0v) is 11.0. The summed E-state index contributed by atoms with van der Waals surface area (Å²) in [6.45, 7) is 1.88. The van der Waals surface area contributed by atoms with Gasteiger partial charge in [0.25, 0.3) is 5.91 Å². The molecule has 1 aromatic rings. The van der Waals surface area contributed by atoms with E-state index in [2.05, 4.69) is 26.6 Å². The lowest BCUT2D eigenvalue weighted by Gasteiger charge is -2.12. The summed E-state index contributed by atoms with van der Waals surface area (Å²) >= 11 is 3.35.